The first-order valence-corrected chi connectivity index (χ1v) is 4.60. The van der Waals surface area contributed by atoms with Crippen LogP contribution in [0.15, 0.2) is 36.5 Å². The Morgan fingerprint density at radius 1 is 1.35 bits per heavy atom. The standard InChI is InChI=1S/C13H6N3.Ir/c1-15-12-7-10(9-14)6-11(8-12)13-4-2-3-5-16-13;/h2-5,7-8H;/q-1;. The molecule has 1 radical (unpaired) electrons. The molecule has 1 aromatic heterocycles. The predicted molar refractivity (Wildman–Crippen MR) is 59.5 cm³/mol. The van der Waals surface area contributed by atoms with E-state index in [0.717, 1.165) is 0 Å². The van der Waals surface area contributed by atoms with E-state index in [2.05, 4.69) is 15.9 Å². The van der Waals surface area contributed by atoms with Crippen LogP contribution in [0.3, 0.4) is 0 Å². The van der Waals surface area contributed by atoms with E-state index in [0.29, 0.717) is 22.5 Å². The van der Waals surface area contributed by atoms with Gasteiger partial charge in [0.15, 0.2) is 0 Å². The zero-order chi connectivity index (χ0) is 11.4. The maximum atomic E-state index is 8.82. The maximum absolute atomic E-state index is 8.82. The second-order valence-corrected chi connectivity index (χ2v) is 3.10. The SMILES string of the molecule is [C-]#[N+]c1cc(C#N)[c-]c(-c2ccccn2)c1.[Ir]. The van der Waals surface area contributed by atoms with Gasteiger partial charge in [0, 0.05) is 32.0 Å². The van der Waals surface area contributed by atoms with Crippen molar-refractivity contribution in [3.05, 3.63) is 59.6 Å². The first-order valence-electron chi connectivity index (χ1n) is 4.60. The first-order chi connectivity index (χ1) is 7.83. The average Bonchev–Trinajstić information content (AvgIpc) is 2.39. The van der Waals surface area contributed by atoms with Crippen molar-refractivity contribution < 1.29 is 20.1 Å². The minimum atomic E-state index is 0. The molecule has 0 N–H and O–H groups in total. The van der Waals surface area contributed by atoms with Gasteiger partial charge in [-0.25, -0.2) is 5.26 Å². The van der Waals surface area contributed by atoms with Gasteiger partial charge in [-0.15, -0.1) is 23.8 Å². The van der Waals surface area contributed by atoms with Crippen LogP contribution in [0, 0.1) is 24.0 Å². The summed E-state index contributed by atoms with van der Waals surface area (Å²) < 4.78 is 0. The van der Waals surface area contributed by atoms with E-state index in [-0.39, 0.29) is 20.1 Å². The zero-order valence-corrected chi connectivity index (χ0v) is 11.0. The van der Waals surface area contributed by atoms with Crippen LogP contribution in [0.25, 0.3) is 16.1 Å². The van der Waals surface area contributed by atoms with Gasteiger partial charge in [0.2, 0.25) is 0 Å². The molecule has 0 aliphatic carbocycles. The zero-order valence-electron chi connectivity index (χ0n) is 8.64. The number of nitrogens with zero attached hydrogens (tertiary/aromatic N) is 3. The molecule has 2 aromatic rings. The molecular weight excluding hydrogens is 390 g/mol. The summed E-state index contributed by atoms with van der Waals surface area (Å²) in [5, 5.41) is 8.82. The smallest absolute Gasteiger partial charge is 0.125 e. The van der Waals surface area contributed by atoms with Crippen molar-refractivity contribution in [3.8, 4) is 17.3 Å². The quantitative estimate of drug-likeness (QED) is 0.696. The summed E-state index contributed by atoms with van der Waals surface area (Å²) in [6, 6.07) is 13.6. The van der Waals surface area contributed by atoms with Gasteiger partial charge in [0.25, 0.3) is 0 Å². The van der Waals surface area contributed by atoms with Crippen molar-refractivity contribution in [2.24, 2.45) is 0 Å². The summed E-state index contributed by atoms with van der Waals surface area (Å²) in [5.74, 6) is 0. The Morgan fingerprint density at radius 3 is 2.76 bits per heavy atom. The van der Waals surface area contributed by atoms with E-state index in [4.69, 9.17) is 11.8 Å². The van der Waals surface area contributed by atoms with Crippen LogP contribution in [-0.2, 0) is 20.1 Å². The van der Waals surface area contributed by atoms with Crippen molar-refractivity contribution >= 4 is 5.69 Å². The van der Waals surface area contributed by atoms with Gasteiger partial charge in [-0.3, -0.25) is 9.83 Å². The maximum Gasteiger partial charge on any atom is 0.125 e. The van der Waals surface area contributed by atoms with Gasteiger partial charge >= 0.3 is 0 Å². The molecule has 83 valence electrons. The van der Waals surface area contributed by atoms with Crippen molar-refractivity contribution in [2.45, 2.75) is 0 Å². The third-order valence-electron chi connectivity index (χ3n) is 2.04. The topological polar surface area (TPSA) is 41.0 Å². The van der Waals surface area contributed by atoms with E-state index < -0.39 is 0 Å². The molecule has 0 saturated heterocycles. The Balaban J connectivity index is 0.00000144. The van der Waals surface area contributed by atoms with Gasteiger partial charge < -0.3 is 0 Å². The van der Waals surface area contributed by atoms with Crippen LogP contribution in [0.4, 0.5) is 5.69 Å². The summed E-state index contributed by atoms with van der Waals surface area (Å²) in [6.07, 6.45) is 1.67. The molecule has 0 unspecified atom stereocenters. The molecule has 3 nitrogen and oxygen atoms in total. The number of aromatic nitrogens is 1. The second-order valence-electron chi connectivity index (χ2n) is 3.10. The number of pyridine rings is 1. The number of nitriles is 1. The molecule has 4 heteroatoms. The Labute approximate surface area is 113 Å². The number of benzene rings is 1. The fraction of sp³-hybridized carbons (Fsp3) is 0. The molecule has 0 spiro atoms. The van der Waals surface area contributed by atoms with Crippen LogP contribution < -0.4 is 0 Å². The fourth-order valence-electron chi connectivity index (χ4n) is 1.34. The molecule has 0 amide bonds. The molecule has 0 bridgehead atoms. The van der Waals surface area contributed by atoms with E-state index >= 15 is 0 Å². The minimum Gasteiger partial charge on any atom is -0.295 e. The number of hydrogen-bond acceptors (Lipinski definition) is 2. The Bertz CT molecular complexity index is 562. The normalized spacial score (nSPS) is 8.59. The van der Waals surface area contributed by atoms with E-state index in [9.17, 15) is 0 Å². The van der Waals surface area contributed by atoms with Crippen LogP contribution in [-0.4, -0.2) is 4.98 Å². The van der Waals surface area contributed by atoms with Gasteiger partial charge in [-0.1, -0.05) is 17.7 Å². The van der Waals surface area contributed by atoms with E-state index in [1.807, 2.05) is 24.3 Å². The van der Waals surface area contributed by atoms with Crippen molar-refractivity contribution in [1.82, 2.24) is 4.98 Å². The average molecular weight is 396 g/mol. The third-order valence-corrected chi connectivity index (χ3v) is 2.04. The van der Waals surface area contributed by atoms with E-state index in [1.165, 1.54) is 6.07 Å². The summed E-state index contributed by atoms with van der Waals surface area (Å²) in [4.78, 5) is 7.47. The van der Waals surface area contributed by atoms with Gasteiger partial charge in [-0.2, -0.15) is 0 Å². The van der Waals surface area contributed by atoms with Crippen LogP contribution in [0.5, 0.6) is 0 Å². The van der Waals surface area contributed by atoms with Crippen LogP contribution in [0.2, 0.25) is 0 Å². The molecule has 17 heavy (non-hydrogen) atoms. The Kier molecular flexibility index (Phi) is 4.55. The monoisotopic (exact) mass is 397 g/mol. The predicted octanol–water partition coefficient (Wildman–Crippen LogP) is 2.97. The van der Waals surface area contributed by atoms with Crippen molar-refractivity contribution in [3.63, 3.8) is 0 Å². The summed E-state index contributed by atoms with van der Waals surface area (Å²) in [6.45, 7) is 6.96. The Hall–Kier alpha value is -2.00. The first kappa shape index (κ1) is 13.1. The second kappa shape index (κ2) is 5.91. The molecule has 0 aliphatic heterocycles. The molecule has 0 fully saturated rings. The summed E-state index contributed by atoms with van der Waals surface area (Å²) in [7, 11) is 0. The minimum absolute atomic E-state index is 0. The molecule has 1 aromatic carbocycles. The fourth-order valence-corrected chi connectivity index (χ4v) is 1.34. The molecule has 1 heterocycles. The van der Waals surface area contributed by atoms with Crippen LogP contribution >= 0.6 is 0 Å². The molecular formula is C13H6IrN3-. The molecule has 0 atom stereocenters. The van der Waals surface area contributed by atoms with Gasteiger partial charge in [-0.05, 0) is 12.1 Å². The van der Waals surface area contributed by atoms with Gasteiger partial charge in [0.1, 0.15) is 5.69 Å². The summed E-state index contributed by atoms with van der Waals surface area (Å²) >= 11 is 0. The largest absolute Gasteiger partial charge is 0.295 e. The third kappa shape index (κ3) is 2.98. The molecule has 0 aliphatic rings. The Morgan fingerprint density at radius 2 is 2.18 bits per heavy atom. The summed E-state index contributed by atoms with van der Waals surface area (Å²) in [5.41, 5.74) is 2.17. The van der Waals surface area contributed by atoms with Crippen molar-refractivity contribution in [2.75, 3.05) is 0 Å². The number of rotatable bonds is 1. The van der Waals surface area contributed by atoms with E-state index in [1.54, 1.807) is 12.3 Å². The van der Waals surface area contributed by atoms with Crippen molar-refractivity contribution in [1.29, 1.82) is 5.26 Å². The molecule has 0 saturated carbocycles. The van der Waals surface area contributed by atoms with Crippen LogP contribution in [0.1, 0.15) is 5.56 Å². The number of hydrogen-bond donors (Lipinski definition) is 0. The van der Waals surface area contributed by atoms with Gasteiger partial charge in [0.05, 0.1) is 6.57 Å². The molecule has 2 rings (SSSR count).